The van der Waals surface area contributed by atoms with Crippen LogP contribution in [0.25, 0.3) is 0 Å². The number of aryl methyl sites for hydroxylation is 1. The molecule has 3 rings (SSSR count). The van der Waals surface area contributed by atoms with E-state index in [-0.39, 0.29) is 0 Å². The van der Waals surface area contributed by atoms with Gasteiger partial charge in [0.2, 0.25) is 0 Å². The molecule has 118 valence electrons. The molecule has 2 aliphatic rings. The van der Waals surface area contributed by atoms with E-state index in [4.69, 9.17) is 10.2 Å². The van der Waals surface area contributed by atoms with Crippen LogP contribution in [0.15, 0.2) is 10.5 Å². The molecule has 0 bridgehead atoms. The van der Waals surface area contributed by atoms with Crippen molar-refractivity contribution in [1.29, 1.82) is 0 Å². The molecule has 3 heteroatoms. The van der Waals surface area contributed by atoms with Crippen molar-refractivity contribution >= 4 is 0 Å². The molecular formula is C18H30N2O. The average Bonchev–Trinajstić information content (AvgIpc) is 2.78. The van der Waals surface area contributed by atoms with Gasteiger partial charge in [0, 0.05) is 24.1 Å². The zero-order valence-corrected chi connectivity index (χ0v) is 13.7. The Kier molecular flexibility index (Phi) is 4.15. The summed E-state index contributed by atoms with van der Waals surface area (Å²) in [5.74, 6) is 2.88. The third-order valence-electron chi connectivity index (χ3n) is 5.36. The largest absolute Gasteiger partial charge is 0.466 e. The fraction of sp³-hybridized carbons (Fsp3) is 0.778. The van der Waals surface area contributed by atoms with Crippen molar-refractivity contribution in [3.8, 4) is 0 Å². The first-order valence-corrected chi connectivity index (χ1v) is 8.54. The number of furan rings is 1. The van der Waals surface area contributed by atoms with Crippen LogP contribution in [0.1, 0.15) is 69.1 Å². The Morgan fingerprint density at radius 3 is 2.86 bits per heavy atom. The molecule has 1 saturated carbocycles. The quantitative estimate of drug-likeness (QED) is 0.892. The fourth-order valence-electron chi connectivity index (χ4n) is 4.30. The van der Waals surface area contributed by atoms with E-state index >= 15 is 0 Å². The van der Waals surface area contributed by atoms with E-state index in [2.05, 4.69) is 32.2 Å². The molecule has 1 fully saturated rings. The number of hydrogen-bond acceptors (Lipinski definition) is 3. The van der Waals surface area contributed by atoms with Crippen molar-refractivity contribution in [2.24, 2.45) is 17.1 Å². The van der Waals surface area contributed by atoms with Gasteiger partial charge in [0.25, 0.3) is 0 Å². The highest BCUT2D eigenvalue weighted by atomic mass is 16.3. The monoisotopic (exact) mass is 290 g/mol. The van der Waals surface area contributed by atoms with Crippen molar-refractivity contribution in [2.75, 3.05) is 6.54 Å². The minimum Gasteiger partial charge on any atom is -0.466 e. The first-order valence-electron chi connectivity index (χ1n) is 8.54. The second-order valence-electron chi connectivity index (χ2n) is 7.89. The zero-order valence-electron chi connectivity index (χ0n) is 13.7. The predicted molar refractivity (Wildman–Crippen MR) is 86.2 cm³/mol. The van der Waals surface area contributed by atoms with E-state index in [0.717, 1.165) is 18.7 Å². The molecule has 0 amide bonds. The molecule has 0 saturated heterocycles. The first-order chi connectivity index (χ1) is 9.98. The number of rotatable bonds is 3. The Hall–Kier alpha value is -0.800. The van der Waals surface area contributed by atoms with E-state index in [9.17, 15) is 0 Å². The lowest BCUT2D eigenvalue weighted by molar-refractivity contribution is 0.189. The number of nitrogens with two attached hydrogens (primary N) is 1. The Morgan fingerprint density at radius 2 is 2.10 bits per heavy atom. The Bertz CT molecular complexity index is 491. The van der Waals surface area contributed by atoms with Crippen molar-refractivity contribution in [1.82, 2.24) is 5.32 Å². The van der Waals surface area contributed by atoms with Crippen LogP contribution in [0.5, 0.6) is 0 Å². The van der Waals surface area contributed by atoms with E-state index in [0.29, 0.717) is 23.4 Å². The van der Waals surface area contributed by atoms with Gasteiger partial charge in [0.05, 0.1) is 0 Å². The maximum Gasteiger partial charge on any atom is 0.109 e. The number of fused-ring (bicyclic) bond motifs is 1. The standard InChI is InChI=1S/C18H30N2O/c1-12-8-14-16(9-18(2,3)10-17(14)21-12)20-15-7-5-4-6-13(15)11-19/h8,13,15-16,20H,4-7,9-11,19H2,1-3H3. The van der Waals surface area contributed by atoms with Crippen molar-refractivity contribution in [2.45, 2.75) is 71.4 Å². The van der Waals surface area contributed by atoms with Gasteiger partial charge in [-0.3, -0.25) is 0 Å². The highest BCUT2D eigenvalue weighted by Crippen LogP contribution is 2.43. The van der Waals surface area contributed by atoms with Crippen LogP contribution in [-0.4, -0.2) is 12.6 Å². The minimum absolute atomic E-state index is 0.307. The molecule has 1 aromatic rings. The van der Waals surface area contributed by atoms with Crippen LogP contribution in [0.2, 0.25) is 0 Å². The van der Waals surface area contributed by atoms with Gasteiger partial charge in [-0.15, -0.1) is 0 Å². The van der Waals surface area contributed by atoms with Gasteiger partial charge in [-0.1, -0.05) is 26.7 Å². The summed E-state index contributed by atoms with van der Waals surface area (Å²) in [4.78, 5) is 0. The van der Waals surface area contributed by atoms with Gasteiger partial charge in [0.15, 0.2) is 0 Å². The fourth-order valence-corrected chi connectivity index (χ4v) is 4.30. The maximum absolute atomic E-state index is 5.99. The van der Waals surface area contributed by atoms with Gasteiger partial charge < -0.3 is 15.5 Å². The van der Waals surface area contributed by atoms with Gasteiger partial charge in [0.1, 0.15) is 11.5 Å². The van der Waals surface area contributed by atoms with Crippen LogP contribution in [0, 0.1) is 18.3 Å². The molecule has 21 heavy (non-hydrogen) atoms. The Morgan fingerprint density at radius 1 is 1.33 bits per heavy atom. The molecule has 1 heterocycles. The average molecular weight is 290 g/mol. The molecule has 0 aromatic carbocycles. The summed E-state index contributed by atoms with van der Waals surface area (Å²) < 4.78 is 5.95. The molecule has 3 unspecified atom stereocenters. The molecule has 1 aromatic heterocycles. The second-order valence-corrected chi connectivity index (χ2v) is 7.89. The molecule has 3 nitrogen and oxygen atoms in total. The molecule has 3 atom stereocenters. The molecular weight excluding hydrogens is 260 g/mol. The van der Waals surface area contributed by atoms with Gasteiger partial charge >= 0.3 is 0 Å². The van der Waals surface area contributed by atoms with E-state index in [1.165, 1.54) is 43.4 Å². The summed E-state index contributed by atoms with van der Waals surface area (Å²) in [7, 11) is 0. The van der Waals surface area contributed by atoms with Crippen molar-refractivity contribution in [3.05, 3.63) is 23.2 Å². The lowest BCUT2D eigenvalue weighted by Gasteiger charge is -2.40. The lowest BCUT2D eigenvalue weighted by atomic mass is 9.74. The summed E-state index contributed by atoms with van der Waals surface area (Å²) in [6, 6.07) is 3.24. The SMILES string of the molecule is Cc1cc2c(o1)CC(C)(C)CC2NC1CCCCC1CN. The highest BCUT2D eigenvalue weighted by molar-refractivity contribution is 5.29. The lowest BCUT2D eigenvalue weighted by Crippen LogP contribution is -2.45. The third-order valence-corrected chi connectivity index (χ3v) is 5.36. The van der Waals surface area contributed by atoms with E-state index in [1.807, 2.05) is 0 Å². The summed E-state index contributed by atoms with van der Waals surface area (Å²) >= 11 is 0. The smallest absolute Gasteiger partial charge is 0.109 e. The molecule has 0 radical (unpaired) electrons. The van der Waals surface area contributed by atoms with Crippen LogP contribution in [-0.2, 0) is 6.42 Å². The third kappa shape index (κ3) is 3.19. The Labute approximate surface area is 128 Å². The molecule has 0 spiro atoms. The summed E-state index contributed by atoms with van der Waals surface area (Å²) in [6.45, 7) is 7.57. The second kappa shape index (κ2) is 5.77. The molecule has 0 aliphatic heterocycles. The molecule has 2 aliphatic carbocycles. The number of nitrogens with one attached hydrogen (secondary N) is 1. The van der Waals surface area contributed by atoms with Crippen molar-refractivity contribution < 1.29 is 4.42 Å². The summed E-state index contributed by atoms with van der Waals surface area (Å²) in [5.41, 5.74) is 7.70. The normalized spacial score (nSPS) is 31.9. The zero-order chi connectivity index (χ0) is 15.0. The van der Waals surface area contributed by atoms with Crippen LogP contribution in [0.3, 0.4) is 0 Å². The van der Waals surface area contributed by atoms with Gasteiger partial charge in [-0.25, -0.2) is 0 Å². The van der Waals surface area contributed by atoms with Crippen LogP contribution in [0.4, 0.5) is 0 Å². The van der Waals surface area contributed by atoms with E-state index < -0.39 is 0 Å². The Balaban J connectivity index is 1.80. The first kappa shape index (κ1) is 15.1. The van der Waals surface area contributed by atoms with Gasteiger partial charge in [-0.2, -0.15) is 0 Å². The van der Waals surface area contributed by atoms with Crippen LogP contribution < -0.4 is 11.1 Å². The predicted octanol–water partition coefficient (Wildman–Crippen LogP) is 3.71. The maximum atomic E-state index is 5.99. The topological polar surface area (TPSA) is 51.2 Å². The van der Waals surface area contributed by atoms with E-state index in [1.54, 1.807) is 0 Å². The highest BCUT2D eigenvalue weighted by Gasteiger charge is 2.37. The summed E-state index contributed by atoms with van der Waals surface area (Å²) in [6.07, 6.45) is 7.46. The molecule has 3 N–H and O–H groups in total. The van der Waals surface area contributed by atoms with Gasteiger partial charge in [-0.05, 0) is 50.1 Å². The van der Waals surface area contributed by atoms with Crippen LogP contribution >= 0.6 is 0 Å². The summed E-state index contributed by atoms with van der Waals surface area (Å²) in [5, 5.41) is 3.94. The number of hydrogen-bond donors (Lipinski definition) is 2. The van der Waals surface area contributed by atoms with Crippen molar-refractivity contribution in [3.63, 3.8) is 0 Å². The minimum atomic E-state index is 0.307.